The summed E-state index contributed by atoms with van der Waals surface area (Å²) in [7, 11) is 0. The predicted octanol–water partition coefficient (Wildman–Crippen LogP) is 14.0. The lowest BCUT2D eigenvalue weighted by atomic mass is 9.99. The molecule has 1 rings (SSSR count). The Morgan fingerprint density at radius 1 is 0.493 bits per heavy atom. The van der Waals surface area contributed by atoms with Crippen molar-refractivity contribution in [1.29, 1.82) is 0 Å². The summed E-state index contributed by atoms with van der Waals surface area (Å²) in [5.74, 6) is -0.336. The third-order valence-corrected chi connectivity index (χ3v) is 12.4. The van der Waals surface area contributed by atoms with Crippen molar-refractivity contribution in [2.75, 3.05) is 26.4 Å². The number of hydrogen-bond acceptors (Lipinski definition) is 9. The van der Waals surface area contributed by atoms with Crippen LogP contribution in [0, 0.1) is 0 Å². The first kappa shape index (κ1) is 62.6. The van der Waals surface area contributed by atoms with Gasteiger partial charge in [0.15, 0.2) is 6.29 Å². The van der Waals surface area contributed by atoms with Crippen molar-refractivity contribution >= 4 is 5.97 Å². The molecule has 0 aromatic carbocycles. The van der Waals surface area contributed by atoms with E-state index >= 15 is 0 Å². The highest BCUT2D eigenvalue weighted by molar-refractivity contribution is 5.69. The molecule has 0 bridgehead atoms. The Bertz CT molecular complexity index is 1260. The Morgan fingerprint density at radius 3 is 1.37 bits per heavy atom. The Morgan fingerprint density at radius 2 is 0.910 bits per heavy atom. The zero-order valence-corrected chi connectivity index (χ0v) is 42.9. The average molecular weight is 943 g/mol. The van der Waals surface area contributed by atoms with Crippen LogP contribution in [0.2, 0.25) is 0 Å². The molecule has 388 valence electrons. The molecule has 0 aliphatic carbocycles. The van der Waals surface area contributed by atoms with Gasteiger partial charge in [-0.15, -0.1) is 0 Å². The molecule has 0 spiro atoms. The average Bonchev–Trinajstić information content (AvgIpc) is 3.33. The maximum atomic E-state index is 12.9. The highest BCUT2D eigenvalue weighted by Gasteiger charge is 2.44. The van der Waals surface area contributed by atoms with Crippen molar-refractivity contribution in [3.8, 4) is 0 Å². The zero-order valence-electron chi connectivity index (χ0n) is 42.9. The summed E-state index contributed by atoms with van der Waals surface area (Å²) in [5.41, 5.74) is 0. The number of rotatable bonds is 47. The Labute approximate surface area is 410 Å². The maximum absolute atomic E-state index is 12.9. The van der Waals surface area contributed by atoms with Crippen LogP contribution < -0.4 is 0 Å². The number of hydrogen-bond donors (Lipinski definition) is 4. The van der Waals surface area contributed by atoms with Crippen LogP contribution in [0.1, 0.15) is 226 Å². The van der Waals surface area contributed by atoms with Gasteiger partial charge in [0.25, 0.3) is 0 Å². The highest BCUT2D eigenvalue weighted by atomic mass is 16.7. The molecule has 0 aromatic rings. The van der Waals surface area contributed by atoms with Crippen LogP contribution >= 0.6 is 0 Å². The molecule has 1 aliphatic heterocycles. The van der Waals surface area contributed by atoms with Gasteiger partial charge in [-0.2, -0.15) is 0 Å². The fourth-order valence-corrected chi connectivity index (χ4v) is 8.14. The molecule has 6 unspecified atom stereocenters. The highest BCUT2D eigenvalue weighted by Crippen LogP contribution is 2.23. The molecular formula is C58H102O9. The van der Waals surface area contributed by atoms with Crippen LogP contribution in [0.4, 0.5) is 0 Å². The Kier molecular flexibility index (Phi) is 45.5. The number of allylic oxidation sites excluding steroid dienone is 12. The minimum Gasteiger partial charge on any atom is -0.457 e. The van der Waals surface area contributed by atoms with Gasteiger partial charge in [0.1, 0.15) is 30.5 Å². The number of aliphatic hydroxyl groups excluding tert-OH is 4. The van der Waals surface area contributed by atoms with Gasteiger partial charge in [0.2, 0.25) is 0 Å². The van der Waals surface area contributed by atoms with E-state index < -0.39 is 43.4 Å². The van der Waals surface area contributed by atoms with Gasteiger partial charge in [0, 0.05) is 13.0 Å². The Hall–Kier alpha value is -2.37. The van der Waals surface area contributed by atoms with E-state index in [-0.39, 0.29) is 25.6 Å². The second kappa shape index (κ2) is 48.6. The number of ether oxygens (including phenoxy) is 4. The second-order valence-corrected chi connectivity index (χ2v) is 18.7. The van der Waals surface area contributed by atoms with Gasteiger partial charge >= 0.3 is 5.97 Å². The van der Waals surface area contributed by atoms with Gasteiger partial charge in [-0.05, 0) is 64.2 Å². The molecule has 6 atom stereocenters. The molecule has 9 nitrogen and oxygen atoms in total. The van der Waals surface area contributed by atoms with Crippen LogP contribution in [0.3, 0.4) is 0 Å². The van der Waals surface area contributed by atoms with Crippen LogP contribution in [0.5, 0.6) is 0 Å². The topological polar surface area (TPSA) is 135 Å². The minimum absolute atomic E-state index is 0.125. The van der Waals surface area contributed by atoms with E-state index in [2.05, 4.69) is 86.8 Å². The number of esters is 1. The van der Waals surface area contributed by atoms with Gasteiger partial charge in [-0.3, -0.25) is 4.79 Å². The number of aliphatic hydroxyl groups is 4. The second-order valence-electron chi connectivity index (χ2n) is 18.7. The summed E-state index contributed by atoms with van der Waals surface area (Å²) in [6, 6.07) is 0. The first-order chi connectivity index (χ1) is 32.9. The van der Waals surface area contributed by atoms with E-state index in [1.54, 1.807) is 0 Å². The molecule has 4 N–H and O–H groups in total. The molecule has 0 saturated carbocycles. The zero-order chi connectivity index (χ0) is 48.5. The molecule has 9 heteroatoms. The van der Waals surface area contributed by atoms with Crippen LogP contribution in [-0.2, 0) is 23.7 Å². The van der Waals surface area contributed by atoms with E-state index in [1.165, 1.54) is 122 Å². The van der Waals surface area contributed by atoms with Gasteiger partial charge in [-0.1, -0.05) is 228 Å². The maximum Gasteiger partial charge on any atom is 0.306 e. The van der Waals surface area contributed by atoms with Crippen molar-refractivity contribution in [2.24, 2.45) is 0 Å². The first-order valence-electron chi connectivity index (χ1n) is 27.5. The normalized spacial score (nSPS) is 19.8. The lowest BCUT2D eigenvalue weighted by Crippen LogP contribution is -2.59. The number of carbonyl (C=O) groups is 1. The molecule has 1 heterocycles. The summed E-state index contributed by atoms with van der Waals surface area (Å²) in [4.78, 5) is 12.9. The predicted molar refractivity (Wildman–Crippen MR) is 279 cm³/mol. The first-order valence-corrected chi connectivity index (χ1v) is 27.5. The van der Waals surface area contributed by atoms with Crippen LogP contribution in [-0.4, -0.2) is 89.6 Å². The van der Waals surface area contributed by atoms with Gasteiger partial charge < -0.3 is 39.4 Å². The quantitative estimate of drug-likeness (QED) is 0.0267. The Balaban J connectivity index is 2.21. The largest absolute Gasteiger partial charge is 0.457 e. The van der Waals surface area contributed by atoms with Crippen LogP contribution in [0.25, 0.3) is 0 Å². The minimum atomic E-state index is -1.54. The molecule has 1 aliphatic rings. The molecule has 0 radical (unpaired) electrons. The van der Waals surface area contributed by atoms with Crippen molar-refractivity contribution < 1.29 is 44.2 Å². The summed E-state index contributed by atoms with van der Waals surface area (Å²) in [5, 5.41) is 40.3. The fraction of sp³-hybridized carbons (Fsp3) is 0.776. The van der Waals surface area contributed by atoms with Gasteiger partial charge in [0.05, 0.1) is 19.8 Å². The number of carbonyl (C=O) groups excluding carboxylic acids is 1. The molecule has 1 fully saturated rings. The summed E-state index contributed by atoms with van der Waals surface area (Å²) < 4.78 is 22.9. The third-order valence-electron chi connectivity index (χ3n) is 12.4. The van der Waals surface area contributed by atoms with Crippen molar-refractivity contribution in [3.05, 3.63) is 72.9 Å². The standard InChI is InChI=1S/C58H102O9/c1-3-5-7-9-11-13-15-17-19-21-23-25-26-27-29-31-33-35-37-39-41-43-45-47-54(60)66-52(51-65-58-57(63)56(62)55(61)53(49-59)67-58)50-64-48-46-44-42-40-38-36-34-32-30-28-24-22-20-18-16-14-12-10-8-6-4-2/h5,7,11,13,17,19,23,25,27,29,33,35,52-53,55-59,61-63H,3-4,6,8-10,12,14-16,18,20-22,24,26,28,30-32,34,36-51H2,1-2H3/b7-5-,13-11-,19-17-,25-23-,29-27-,35-33-. The fourth-order valence-electron chi connectivity index (χ4n) is 8.14. The SMILES string of the molecule is CC/C=C\C/C=C\C/C=C\C/C=C\C/C=C\C/C=C\CCCCCCC(=O)OC(COCCCCCCCCCCCCCCCCCCCCCCC)COC1OC(CO)C(O)C(O)C1O. The van der Waals surface area contributed by atoms with E-state index in [9.17, 15) is 25.2 Å². The summed E-state index contributed by atoms with van der Waals surface area (Å²) in [6.45, 7) is 4.44. The smallest absolute Gasteiger partial charge is 0.306 e. The van der Waals surface area contributed by atoms with E-state index in [0.717, 1.165) is 83.5 Å². The monoisotopic (exact) mass is 943 g/mol. The van der Waals surface area contributed by atoms with E-state index in [0.29, 0.717) is 6.61 Å². The molecular weight excluding hydrogens is 841 g/mol. The molecule has 67 heavy (non-hydrogen) atoms. The van der Waals surface area contributed by atoms with Crippen molar-refractivity contribution in [1.82, 2.24) is 0 Å². The van der Waals surface area contributed by atoms with Gasteiger partial charge in [-0.25, -0.2) is 0 Å². The number of unbranched alkanes of at least 4 members (excludes halogenated alkanes) is 24. The van der Waals surface area contributed by atoms with Crippen molar-refractivity contribution in [3.63, 3.8) is 0 Å². The molecule has 0 aromatic heterocycles. The lowest BCUT2D eigenvalue weighted by Gasteiger charge is -2.39. The molecule has 0 amide bonds. The van der Waals surface area contributed by atoms with E-state index in [4.69, 9.17) is 18.9 Å². The summed E-state index contributed by atoms with van der Waals surface area (Å²) in [6.07, 6.45) is 58.0. The van der Waals surface area contributed by atoms with E-state index in [1.807, 2.05) is 0 Å². The lowest BCUT2D eigenvalue weighted by molar-refractivity contribution is -0.305. The van der Waals surface area contributed by atoms with Crippen molar-refractivity contribution in [2.45, 2.75) is 263 Å². The summed E-state index contributed by atoms with van der Waals surface area (Å²) >= 11 is 0. The van der Waals surface area contributed by atoms with Crippen LogP contribution in [0.15, 0.2) is 72.9 Å². The molecule has 1 saturated heterocycles. The third kappa shape index (κ3) is 39.1.